The number of fused-ring (bicyclic) bond motifs is 1. The molecule has 2 aliphatic heterocycles. The molecule has 0 aromatic heterocycles. The number of hydrogen-bond acceptors (Lipinski definition) is 4. The normalized spacial score (nSPS) is 44.4. The van der Waals surface area contributed by atoms with E-state index in [9.17, 15) is 13.5 Å². The molecule has 0 aromatic carbocycles. The first kappa shape index (κ1) is 13.8. The van der Waals surface area contributed by atoms with E-state index in [0.29, 0.717) is 6.42 Å². The summed E-state index contributed by atoms with van der Waals surface area (Å²) in [4.78, 5) is 2.41. The van der Waals surface area contributed by atoms with Gasteiger partial charge >= 0.3 is 0 Å². The molecule has 110 valence electrons. The number of aliphatic hydroxyl groups is 1. The van der Waals surface area contributed by atoms with Gasteiger partial charge in [0.15, 0.2) is 0 Å². The lowest BCUT2D eigenvalue weighted by Gasteiger charge is -2.41. The van der Waals surface area contributed by atoms with E-state index < -0.39 is 15.4 Å². The lowest BCUT2D eigenvalue weighted by atomic mass is 9.72. The molecule has 0 bridgehead atoms. The Bertz CT molecular complexity index is 450. The van der Waals surface area contributed by atoms with Crippen molar-refractivity contribution in [3.63, 3.8) is 0 Å². The molecule has 0 radical (unpaired) electrons. The fraction of sp³-hybridized carbons (Fsp3) is 1.00. The standard InChI is InChI=1S/C14H25NO3S/c1-19(17,18)12-5-2-4-11(10-12)14(16)7-9-15-8-3-6-13(14)15/h11-13,16H,2-10H2,1H3. The van der Waals surface area contributed by atoms with E-state index in [4.69, 9.17) is 0 Å². The van der Waals surface area contributed by atoms with Gasteiger partial charge in [0, 0.05) is 18.8 Å². The Morgan fingerprint density at radius 1 is 1.16 bits per heavy atom. The molecule has 4 nitrogen and oxygen atoms in total. The van der Waals surface area contributed by atoms with E-state index in [-0.39, 0.29) is 17.2 Å². The van der Waals surface area contributed by atoms with Crippen LogP contribution in [0.4, 0.5) is 0 Å². The highest BCUT2D eigenvalue weighted by Gasteiger charge is 2.53. The second kappa shape index (κ2) is 4.71. The highest BCUT2D eigenvalue weighted by atomic mass is 32.2. The minimum Gasteiger partial charge on any atom is -0.388 e. The van der Waals surface area contributed by atoms with Crippen LogP contribution in [-0.4, -0.2) is 54.7 Å². The van der Waals surface area contributed by atoms with Gasteiger partial charge in [-0.05, 0) is 51.0 Å². The Hall–Kier alpha value is -0.130. The zero-order valence-corrected chi connectivity index (χ0v) is 12.5. The van der Waals surface area contributed by atoms with Gasteiger partial charge in [-0.2, -0.15) is 0 Å². The van der Waals surface area contributed by atoms with Gasteiger partial charge in [0.1, 0.15) is 9.84 Å². The minimum absolute atomic E-state index is 0.175. The van der Waals surface area contributed by atoms with Crippen molar-refractivity contribution in [2.45, 2.75) is 61.8 Å². The van der Waals surface area contributed by atoms with Crippen molar-refractivity contribution in [3.8, 4) is 0 Å². The zero-order valence-electron chi connectivity index (χ0n) is 11.7. The van der Waals surface area contributed by atoms with Crippen molar-refractivity contribution < 1.29 is 13.5 Å². The van der Waals surface area contributed by atoms with Crippen LogP contribution in [0.25, 0.3) is 0 Å². The zero-order chi connectivity index (χ0) is 13.7. The van der Waals surface area contributed by atoms with Crippen LogP contribution in [-0.2, 0) is 9.84 Å². The number of sulfone groups is 1. The summed E-state index contributed by atoms with van der Waals surface area (Å²) in [5, 5.41) is 10.9. The predicted molar refractivity (Wildman–Crippen MR) is 74.8 cm³/mol. The highest BCUT2D eigenvalue weighted by Crippen LogP contribution is 2.46. The largest absolute Gasteiger partial charge is 0.388 e. The third-order valence-electron chi connectivity index (χ3n) is 5.68. The van der Waals surface area contributed by atoms with E-state index in [1.807, 2.05) is 0 Å². The van der Waals surface area contributed by atoms with Crippen molar-refractivity contribution in [1.29, 1.82) is 0 Å². The first-order chi connectivity index (χ1) is 8.91. The minimum atomic E-state index is -2.96. The summed E-state index contributed by atoms with van der Waals surface area (Å²) in [6.45, 7) is 2.09. The Morgan fingerprint density at radius 2 is 1.95 bits per heavy atom. The topological polar surface area (TPSA) is 57.6 Å². The van der Waals surface area contributed by atoms with Gasteiger partial charge in [-0.1, -0.05) is 6.42 Å². The van der Waals surface area contributed by atoms with Crippen LogP contribution in [0.3, 0.4) is 0 Å². The Kier molecular flexibility index (Phi) is 3.43. The van der Waals surface area contributed by atoms with Crippen molar-refractivity contribution in [3.05, 3.63) is 0 Å². The predicted octanol–water partition coefficient (Wildman–Crippen LogP) is 1.19. The third-order valence-corrected chi connectivity index (χ3v) is 7.32. The molecule has 4 unspecified atom stereocenters. The average molecular weight is 287 g/mol. The number of rotatable bonds is 2. The number of hydrogen-bond donors (Lipinski definition) is 1. The molecule has 4 atom stereocenters. The fourth-order valence-corrected chi connectivity index (χ4v) is 5.79. The number of nitrogens with zero attached hydrogens (tertiary/aromatic N) is 1. The van der Waals surface area contributed by atoms with E-state index in [1.165, 1.54) is 12.7 Å². The fourth-order valence-electron chi connectivity index (χ4n) is 4.61. The van der Waals surface area contributed by atoms with E-state index in [0.717, 1.165) is 45.2 Å². The van der Waals surface area contributed by atoms with Crippen LogP contribution in [0.15, 0.2) is 0 Å². The Balaban J connectivity index is 1.78. The SMILES string of the molecule is CS(=O)(=O)C1CCCC(C2(O)CCN3CCCC32)C1. The van der Waals surface area contributed by atoms with Gasteiger partial charge in [-0.25, -0.2) is 8.42 Å². The summed E-state index contributed by atoms with van der Waals surface area (Å²) in [5.41, 5.74) is -0.625. The maximum Gasteiger partial charge on any atom is 0.150 e. The second-order valence-electron chi connectivity index (χ2n) is 6.75. The lowest BCUT2D eigenvalue weighted by Crippen LogP contribution is -2.50. The van der Waals surface area contributed by atoms with E-state index in [2.05, 4.69) is 4.90 Å². The molecule has 19 heavy (non-hydrogen) atoms. The molecule has 0 amide bonds. The Morgan fingerprint density at radius 3 is 2.68 bits per heavy atom. The first-order valence-corrected chi connectivity index (χ1v) is 9.52. The molecule has 0 aromatic rings. The molecule has 1 N–H and O–H groups in total. The molecular weight excluding hydrogens is 262 g/mol. The molecule has 2 saturated heterocycles. The average Bonchev–Trinajstić information content (AvgIpc) is 2.94. The molecule has 3 rings (SSSR count). The molecule has 3 fully saturated rings. The Labute approximate surface area is 116 Å². The lowest BCUT2D eigenvalue weighted by molar-refractivity contribution is -0.0518. The summed E-state index contributed by atoms with van der Waals surface area (Å²) in [6, 6.07) is 0.288. The van der Waals surface area contributed by atoms with Crippen LogP contribution in [0.1, 0.15) is 44.9 Å². The molecule has 5 heteroatoms. The highest BCUT2D eigenvalue weighted by molar-refractivity contribution is 7.91. The maximum absolute atomic E-state index is 11.8. The van der Waals surface area contributed by atoms with Gasteiger partial charge in [-0.3, -0.25) is 4.90 Å². The summed E-state index contributed by atoms with van der Waals surface area (Å²) in [7, 11) is -2.96. The van der Waals surface area contributed by atoms with Crippen LogP contribution in [0, 0.1) is 5.92 Å². The smallest absolute Gasteiger partial charge is 0.150 e. The van der Waals surface area contributed by atoms with Crippen molar-refractivity contribution >= 4 is 9.84 Å². The van der Waals surface area contributed by atoms with Crippen LogP contribution in [0.5, 0.6) is 0 Å². The molecular formula is C14H25NO3S. The van der Waals surface area contributed by atoms with Crippen LogP contribution >= 0.6 is 0 Å². The monoisotopic (exact) mass is 287 g/mol. The summed E-state index contributed by atoms with van der Waals surface area (Å²) in [5.74, 6) is 0.175. The maximum atomic E-state index is 11.8. The molecule has 2 heterocycles. The third kappa shape index (κ3) is 2.34. The van der Waals surface area contributed by atoms with Gasteiger partial charge in [0.25, 0.3) is 0 Å². The summed E-state index contributed by atoms with van der Waals surface area (Å²) < 4.78 is 23.6. The van der Waals surface area contributed by atoms with Crippen molar-refractivity contribution in [2.24, 2.45) is 5.92 Å². The van der Waals surface area contributed by atoms with E-state index in [1.54, 1.807) is 0 Å². The van der Waals surface area contributed by atoms with Crippen LogP contribution < -0.4 is 0 Å². The van der Waals surface area contributed by atoms with E-state index >= 15 is 0 Å². The van der Waals surface area contributed by atoms with Crippen molar-refractivity contribution in [1.82, 2.24) is 4.90 Å². The van der Waals surface area contributed by atoms with Gasteiger partial charge in [0.05, 0.1) is 10.9 Å². The van der Waals surface area contributed by atoms with Gasteiger partial charge < -0.3 is 5.11 Å². The molecule has 3 aliphatic rings. The van der Waals surface area contributed by atoms with Crippen molar-refractivity contribution in [2.75, 3.05) is 19.3 Å². The second-order valence-corrected chi connectivity index (χ2v) is 9.08. The van der Waals surface area contributed by atoms with Gasteiger partial charge in [0.2, 0.25) is 0 Å². The molecule has 1 saturated carbocycles. The van der Waals surface area contributed by atoms with Crippen LogP contribution in [0.2, 0.25) is 0 Å². The van der Waals surface area contributed by atoms with Gasteiger partial charge in [-0.15, -0.1) is 0 Å². The molecule has 0 spiro atoms. The first-order valence-electron chi connectivity index (χ1n) is 7.56. The quantitative estimate of drug-likeness (QED) is 0.829. The molecule has 1 aliphatic carbocycles. The summed E-state index contributed by atoms with van der Waals surface area (Å²) in [6.07, 6.45) is 7.81. The summed E-state index contributed by atoms with van der Waals surface area (Å²) >= 11 is 0.